The summed E-state index contributed by atoms with van der Waals surface area (Å²) in [5, 5.41) is 10.8. The molecular formula is C10H13N3O3. The topological polar surface area (TPSA) is 89.5 Å². The Hall–Kier alpha value is -2.11. The van der Waals surface area contributed by atoms with Gasteiger partial charge in [-0.1, -0.05) is 12.1 Å². The maximum absolute atomic E-state index is 10.8. The molecule has 6 heteroatoms. The molecule has 16 heavy (non-hydrogen) atoms. The maximum Gasteiger partial charge on any atom is 0.292 e. The third-order valence-corrected chi connectivity index (χ3v) is 2.19. The SMILES string of the molecule is Cc1cccc([N+](=O)[O-])c1N(C)CC(N)=O. The molecule has 0 aliphatic heterocycles. The monoisotopic (exact) mass is 223 g/mol. The van der Waals surface area contributed by atoms with E-state index in [1.54, 1.807) is 26.1 Å². The number of nitrogens with two attached hydrogens (primary N) is 1. The number of rotatable bonds is 4. The van der Waals surface area contributed by atoms with Crippen molar-refractivity contribution in [1.29, 1.82) is 0 Å². The number of para-hydroxylation sites is 1. The van der Waals surface area contributed by atoms with E-state index in [1.807, 2.05) is 0 Å². The predicted molar refractivity (Wildman–Crippen MR) is 60.3 cm³/mol. The number of hydrogen-bond acceptors (Lipinski definition) is 4. The van der Waals surface area contributed by atoms with Gasteiger partial charge in [-0.25, -0.2) is 0 Å². The van der Waals surface area contributed by atoms with Crippen molar-refractivity contribution in [1.82, 2.24) is 0 Å². The van der Waals surface area contributed by atoms with E-state index in [0.717, 1.165) is 5.56 Å². The number of benzene rings is 1. The predicted octanol–water partition coefficient (Wildman–Crippen LogP) is 0.825. The van der Waals surface area contributed by atoms with Crippen molar-refractivity contribution in [2.75, 3.05) is 18.5 Å². The largest absolute Gasteiger partial charge is 0.368 e. The number of amides is 1. The zero-order chi connectivity index (χ0) is 12.3. The van der Waals surface area contributed by atoms with Crippen LogP contribution >= 0.6 is 0 Å². The summed E-state index contributed by atoms with van der Waals surface area (Å²) in [6.45, 7) is 1.70. The van der Waals surface area contributed by atoms with Crippen LogP contribution in [0.25, 0.3) is 0 Å². The summed E-state index contributed by atoms with van der Waals surface area (Å²) in [7, 11) is 1.60. The Bertz CT molecular complexity index is 431. The Morgan fingerprint density at radius 2 is 2.19 bits per heavy atom. The first-order chi connectivity index (χ1) is 7.43. The van der Waals surface area contributed by atoms with Gasteiger partial charge >= 0.3 is 0 Å². The van der Waals surface area contributed by atoms with E-state index in [1.165, 1.54) is 11.0 Å². The van der Waals surface area contributed by atoms with Gasteiger partial charge in [-0.15, -0.1) is 0 Å². The highest BCUT2D eigenvalue weighted by Gasteiger charge is 2.19. The smallest absolute Gasteiger partial charge is 0.292 e. The number of anilines is 1. The van der Waals surface area contributed by atoms with Crippen LogP contribution < -0.4 is 10.6 Å². The molecule has 0 atom stereocenters. The average molecular weight is 223 g/mol. The zero-order valence-electron chi connectivity index (χ0n) is 9.14. The number of carbonyl (C=O) groups is 1. The average Bonchev–Trinajstić information content (AvgIpc) is 2.15. The molecular weight excluding hydrogens is 210 g/mol. The molecule has 86 valence electrons. The maximum atomic E-state index is 10.8. The van der Waals surface area contributed by atoms with E-state index in [-0.39, 0.29) is 12.2 Å². The van der Waals surface area contributed by atoms with Crippen molar-refractivity contribution < 1.29 is 9.72 Å². The quantitative estimate of drug-likeness (QED) is 0.604. The first-order valence-electron chi connectivity index (χ1n) is 4.67. The summed E-state index contributed by atoms with van der Waals surface area (Å²) in [4.78, 5) is 22.6. The van der Waals surface area contributed by atoms with Crippen molar-refractivity contribution in [3.63, 3.8) is 0 Å². The summed E-state index contributed by atoms with van der Waals surface area (Å²) in [5.74, 6) is -0.528. The summed E-state index contributed by atoms with van der Waals surface area (Å²) in [6, 6.07) is 4.76. The van der Waals surface area contributed by atoms with E-state index < -0.39 is 10.8 Å². The molecule has 1 amide bonds. The highest BCUT2D eigenvalue weighted by molar-refractivity contribution is 5.81. The molecule has 0 bridgehead atoms. The Kier molecular flexibility index (Phi) is 3.44. The lowest BCUT2D eigenvalue weighted by Gasteiger charge is -2.19. The van der Waals surface area contributed by atoms with E-state index in [9.17, 15) is 14.9 Å². The summed E-state index contributed by atoms with van der Waals surface area (Å²) in [6.07, 6.45) is 0. The second-order valence-corrected chi connectivity index (χ2v) is 3.52. The van der Waals surface area contributed by atoms with Gasteiger partial charge in [0.15, 0.2) is 0 Å². The molecule has 6 nitrogen and oxygen atoms in total. The normalized spacial score (nSPS) is 9.88. The number of nitro benzene ring substituents is 1. The minimum absolute atomic E-state index is 0.0243. The zero-order valence-corrected chi connectivity index (χ0v) is 9.14. The van der Waals surface area contributed by atoms with Gasteiger partial charge in [0.05, 0.1) is 11.5 Å². The molecule has 0 aliphatic rings. The Morgan fingerprint density at radius 3 is 2.69 bits per heavy atom. The second kappa shape index (κ2) is 4.61. The van der Waals surface area contributed by atoms with Crippen LogP contribution in [0.2, 0.25) is 0 Å². The standard InChI is InChI=1S/C10H13N3O3/c1-7-4-3-5-8(13(15)16)10(7)12(2)6-9(11)14/h3-5H,6H2,1-2H3,(H2,11,14). The summed E-state index contributed by atoms with van der Waals surface area (Å²) < 4.78 is 0. The Morgan fingerprint density at radius 1 is 1.56 bits per heavy atom. The fourth-order valence-corrected chi connectivity index (χ4v) is 1.60. The van der Waals surface area contributed by atoms with E-state index in [2.05, 4.69) is 0 Å². The van der Waals surface area contributed by atoms with E-state index >= 15 is 0 Å². The third kappa shape index (κ3) is 2.47. The van der Waals surface area contributed by atoms with Gasteiger partial charge in [0.1, 0.15) is 5.69 Å². The van der Waals surface area contributed by atoms with Gasteiger partial charge in [0, 0.05) is 13.1 Å². The molecule has 0 spiro atoms. The van der Waals surface area contributed by atoms with Gasteiger partial charge in [-0.3, -0.25) is 14.9 Å². The lowest BCUT2D eigenvalue weighted by Crippen LogP contribution is -2.31. The third-order valence-electron chi connectivity index (χ3n) is 2.19. The highest BCUT2D eigenvalue weighted by atomic mass is 16.6. The van der Waals surface area contributed by atoms with Gasteiger partial charge < -0.3 is 10.6 Å². The Balaban J connectivity index is 3.19. The van der Waals surface area contributed by atoms with E-state index in [0.29, 0.717) is 5.69 Å². The molecule has 2 N–H and O–H groups in total. The minimum atomic E-state index is -0.528. The van der Waals surface area contributed by atoms with Crippen LogP contribution in [0, 0.1) is 17.0 Å². The Labute approximate surface area is 92.8 Å². The lowest BCUT2D eigenvalue weighted by molar-refractivity contribution is -0.384. The number of nitrogens with zero attached hydrogens (tertiary/aromatic N) is 2. The van der Waals surface area contributed by atoms with Crippen molar-refractivity contribution in [2.24, 2.45) is 5.73 Å². The van der Waals surface area contributed by atoms with Crippen molar-refractivity contribution in [3.8, 4) is 0 Å². The molecule has 1 aromatic carbocycles. The number of hydrogen-bond donors (Lipinski definition) is 1. The molecule has 0 radical (unpaired) electrons. The lowest BCUT2D eigenvalue weighted by atomic mass is 10.1. The van der Waals surface area contributed by atoms with E-state index in [4.69, 9.17) is 5.73 Å². The van der Waals surface area contributed by atoms with Crippen LogP contribution in [-0.2, 0) is 4.79 Å². The van der Waals surface area contributed by atoms with Crippen LogP contribution in [0.4, 0.5) is 11.4 Å². The van der Waals surface area contributed by atoms with Crippen molar-refractivity contribution in [2.45, 2.75) is 6.92 Å². The molecule has 0 aromatic heterocycles. The molecule has 0 unspecified atom stereocenters. The first kappa shape index (κ1) is 12.0. The first-order valence-corrected chi connectivity index (χ1v) is 4.67. The minimum Gasteiger partial charge on any atom is -0.368 e. The van der Waals surface area contributed by atoms with Gasteiger partial charge in [0.2, 0.25) is 5.91 Å². The number of carbonyl (C=O) groups excluding carboxylic acids is 1. The fraction of sp³-hybridized carbons (Fsp3) is 0.300. The number of aryl methyl sites for hydroxylation is 1. The van der Waals surface area contributed by atoms with Crippen LogP contribution in [0.5, 0.6) is 0 Å². The van der Waals surface area contributed by atoms with Gasteiger partial charge in [0.25, 0.3) is 5.69 Å². The van der Waals surface area contributed by atoms with Gasteiger partial charge in [-0.05, 0) is 12.5 Å². The second-order valence-electron chi connectivity index (χ2n) is 3.52. The van der Waals surface area contributed by atoms with Crippen LogP contribution in [0.3, 0.4) is 0 Å². The molecule has 0 saturated carbocycles. The number of likely N-dealkylation sites (N-methyl/N-ethyl adjacent to an activating group) is 1. The molecule has 0 saturated heterocycles. The summed E-state index contributed by atoms with van der Waals surface area (Å²) >= 11 is 0. The number of nitro groups is 1. The molecule has 0 fully saturated rings. The van der Waals surface area contributed by atoms with Gasteiger partial charge in [-0.2, -0.15) is 0 Å². The van der Waals surface area contributed by atoms with Crippen LogP contribution in [0.15, 0.2) is 18.2 Å². The van der Waals surface area contributed by atoms with Crippen molar-refractivity contribution in [3.05, 3.63) is 33.9 Å². The van der Waals surface area contributed by atoms with Crippen molar-refractivity contribution >= 4 is 17.3 Å². The summed E-state index contributed by atoms with van der Waals surface area (Å²) in [5.41, 5.74) is 6.19. The van der Waals surface area contributed by atoms with Crippen LogP contribution in [-0.4, -0.2) is 24.4 Å². The fourth-order valence-electron chi connectivity index (χ4n) is 1.60. The van der Waals surface area contributed by atoms with Crippen LogP contribution in [0.1, 0.15) is 5.56 Å². The molecule has 0 aliphatic carbocycles. The molecule has 1 rings (SSSR count). The number of primary amides is 1. The highest BCUT2D eigenvalue weighted by Crippen LogP contribution is 2.30. The molecule has 1 aromatic rings. The molecule has 0 heterocycles.